The molecule has 0 aliphatic carbocycles. The van der Waals surface area contributed by atoms with Gasteiger partial charge in [-0.2, -0.15) is 0 Å². The zero-order valence-corrected chi connectivity index (χ0v) is 8.86. The van der Waals surface area contributed by atoms with E-state index in [0.717, 1.165) is 4.88 Å². The van der Waals surface area contributed by atoms with Gasteiger partial charge in [0.05, 0.1) is 7.11 Å². The van der Waals surface area contributed by atoms with Crippen molar-refractivity contribution in [1.82, 2.24) is 0 Å². The quantitative estimate of drug-likeness (QED) is 0.781. The number of rotatable bonds is 3. The van der Waals surface area contributed by atoms with Crippen molar-refractivity contribution in [1.29, 1.82) is 0 Å². The molecule has 0 saturated heterocycles. The van der Waals surface area contributed by atoms with Crippen LogP contribution in [0.15, 0.2) is 17.5 Å². The molecule has 0 bridgehead atoms. The molecule has 0 aliphatic rings. The summed E-state index contributed by atoms with van der Waals surface area (Å²) in [6.45, 7) is 0. The van der Waals surface area contributed by atoms with Crippen LogP contribution in [-0.2, 0) is 16.0 Å². The highest BCUT2D eigenvalue weighted by molar-refractivity contribution is 7.09. The normalized spacial score (nSPS) is 11.5. The molecule has 5 heteroatoms. The molecule has 0 fully saturated rings. The summed E-state index contributed by atoms with van der Waals surface area (Å²) < 4.78 is 4.50. The molecule has 0 aliphatic heterocycles. The van der Waals surface area contributed by atoms with Gasteiger partial charge in [-0.15, -0.1) is 23.7 Å². The van der Waals surface area contributed by atoms with Crippen molar-refractivity contribution in [2.45, 2.75) is 12.5 Å². The Labute approximate surface area is 87.3 Å². The summed E-state index contributed by atoms with van der Waals surface area (Å²) in [5.41, 5.74) is 5.55. The van der Waals surface area contributed by atoms with E-state index in [9.17, 15) is 4.79 Å². The predicted octanol–water partition coefficient (Wildman–Crippen LogP) is 1.21. The lowest BCUT2D eigenvalue weighted by Gasteiger charge is -2.06. The Balaban J connectivity index is 0.00000144. The van der Waals surface area contributed by atoms with Crippen LogP contribution in [0.2, 0.25) is 0 Å². The molecule has 13 heavy (non-hydrogen) atoms. The van der Waals surface area contributed by atoms with Crippen LogP contribution in [0.1, 0.15) is 4.88 Å². The summed E-state index contributed by atoms with van der Waals surface area (Å²) in [6.07, 6.45) is 0.560. The number of ether oxygens (including phenoxy) is 1. The minimum Gasteiger partial charge on any atom is -0.468 e. The largest absolute Gasteiger partial charge is 0.468 e. The van der Waals surface area contributed by atoms with Gasteiger partial charge in [-0.05, 0) is 11.4 Å². The molecule has 1 atom stereocenters. The Morgan fingerprint density at radius 1 is 1.77 bits per heavy atom. The summed E-state index contributed by atoms with van der Waals surface area (Å²) >= 11 is 1.59. The van der Waals surface area contributed by atoms with Crippen LogP contribution in [-0.4, -0.2) is 19.1 Å². The number of thiophene rings is 1. The lowest BCUT2D eigenvalue weighted by Crippen LogP contribution is -2.33. The fourth-order valence-electron chi connectivity index (χ4n) is 0.880. The fraction of sp³-hybridized carbons (Fsp3) is 0.375. The van der Waals surface area contributed by atoms with Crippen molar-refractivity contribution in [3.05, 3.63) is 22.4 Å². The second kappa shape index (κ2) is 5.96. The van der Waals surface area contributed by atoms with Crippen molar-refractivity contribution in [3.8, 4) is 0 Å². The van der Waals surface area contributed by atoms with E-state index in [2.05, 4.69) is 4.74 Å². The highest BCUT2D eigenvalue weighted by atomic mass is 35.5. The summed E-state index contributed by atoms with van der Waals surface area (Å²) in [5, 5.41) is 1.96. The third-order valence-corrected chi connectivity index (χ3v) is 2.40. The second-order valence-electron chi connectivity index (χ2n) is 2.41. The van der Waals surface area contributed by atoms with Crippen molar-refractivity contribution in [2.75, 3.05) is 7.11 Å². The molecule has 1 aromatic heterocycles. The zero-order valence-electron chi connectivity index (χ0n) is 7.23. The van der Waals surface area contributed by atoms with Gasteiger partial charge in [0.25, 0.3) is 0 Å². The minimum absolute atomic E-state index is 0. The Morgan fingerprint density at radius 2 is 2.46 bits per heavy atom. The van der Waals surface area contributed by atoms with E-state index in [0.29, 0.717) is 6.42 Å². The van der Waals surface area contributed by atoms with E-state index in [1.54, 1.807) is 11.3 Å². The standard InChI is InChI=1S/C8H11NO2S.ClH/c1-11-8(10)7(9)5-6-3-2-4-12-6;/h2-4,7H,5,9H2,1H3;1H. The lowest BCUT2D eigenvalue weighted by molar-refractivity contribution is -0.142. The molecular formula is C8H12ClNO2S. The van der Waals surface area contributed by atoms with Crippen LogP contribution >= 0.6 is 23.7 Å². The van der Waals surface area contributed by atoms with Gasteiger partial charge in [-0.3, -0.25) is 4.79 Å². The number of methoxy groups -OCH3 is 1. The molecule has 2 N–H and O–H groups in total. The van der Waals surface area contributed by atoms with Crippen molar-refractivity contribution in [3.63, 3.8) is 0 Å². The van der Waals surface area contributed by atoms with Gasteiger partial charge in [0, 0.05) is 11.3 Å². The first-order valence-corrected chi connectivity index (χ1v) is 4.48. The number of hydrogen-bond donors (Lipinski definition) is 1. The van der Waals surface area contributed by atoms with Gasteiger partial charge in [-0.25, -0.2) is 0 Å². The number of carbonyl (C=O) groups is 1. The smallest absolute Gasteiger partial charge is 0.323 e. The van der Waals surface area contributed by atoms with Crippen LogP contribution in [0.4, 0.5) is 0 Å². The SMILES string of the molecule is COC(=O)C(N)Cc1cccs1.Cl. The maximum absolute atomic E-state index is 10.9. The van der Waals surface area contributed by atoms with Gasteiger partial charge in [0.15, 0.2) is 0 Å². The van der Waals surface area contributed by atoms with Gasteiger partial charge >= 0.3 is 5.97 Å². The van der Waals surface area contributed by atoms with Crippen LogP contribution in [0.3, 0.4) is 0 Å². The van der Waals surface area contributed by atoms with E-state index in [1.807, 2.05) is 17.5 Å². The van der Waals surface area contributed by atoms with Gasteiger partial charge < -0.3 is 10.5 Å². The zero-order chi connectivity index (χ0) is 8.97. The minimum atomic E-state index is -0.534. The Hall–Kier alpha value is -0.580. The topological polar surface area (TPSA) is 52.3 Å². The predicted molar refractivity (Wildman–Crippen MR) is 55.3 cm³/mol. The summed E-state index contributed by atoms with van der Waals surface area (Å²) in [4.78, 5) is 12.0. The molecule has 0 spiro atoms. The first kappa shape index (κ1) is 12.4. The highest BCUT2D eigenvalue weighted by Gasteiger charge is 2.14. The molecule has 1 heterocycles. The van der Waals surface area contributed by atoms with Crippen LogP contribution in [0, 0.1) is 0 Å². The molecular weight excluding hydrogens is 210 g/mol. The number of hydrogen-bond acceptors (Lipinski definition) is 4. The van der Waals surface area contributed by atoms with Gasteiger partial charge in [-0.1, -0.05) is 6.07 Å². The maximum Gasteiger partial charge on any atom is 0.323 e. The number of esters is 1. The summed E-state index contributed by atoms with van der Waals surface area (Å²) in [5.74, 6) is -0.358. The maximum atomic E-state index is 10.9. The molecule has 0 radical (unpaired) electrons. The van der Waals surface area contributed by atoms with Gasteiger partial charge in [0.2, 0.25) is 0 Å². The third-order valence-electron chi connectivity index (χ3n) is 1.51. The number of carbonyl (C=O) groups excluding carboxylic acids is 1. The Morgan fingerprint density at radius 3 is 2.92 bits per heavy atom. The van der Waals surface area contributed by atoms with Crippen molar-refractivity contribution < 1.29 is 9.53 Å². The molecule has 0 saturated carbocycles. The molecule has 3 nitrogen and oxygen atoms in total. The van der Waals surface area contributed by atoms with E-state index >= 15 is 0 Å². The molecule has 1 rings (SSSR count). The molecule has 74 valence electrons. The molecule has 0 amide bonds. The lowest BCUT2D eigenvalue weighted by atomic mass is 10.2. The number of halogens is 1. The molecule has 1 aromatic rings. The Kier molecular flexibility index (Phi) is 5.70. The summed E-state index contributed by atoms with van der Waals surface area (Å²) in [7, 11) is 1.34. The summed E-state index contributed by atoms with van der Waals surface area (Å²) in [6, 6.07) is 3.35. The highest BCUT2D eigenvalue weighted by Crippen LogP contribution is 2.10. The van der Waals surface area contributed by atoms with E-state index in [4.69, 9.17) is 5.73 Å². The van der Waals surface area contributed by atoms with E-state index in [-0.39, 0.29) is 18.4 Å². The average molecular weight is 222 g/mol. The van der Waals surface area contributed by atoms with E-state index < -0.39 is 6.04 Å². The van der Waals surface area contributed by atoms with Crippen LogP contribution in [0.5, 0.6) is 0 Å². The number of nitrogens with two attached hydrogens (primary N) is 1. The van der Waals surface area contributed by atoms with E-state index in [1.165, 1.54) is 7.11 Å². The van der Waals surface area contributed by atoms with Gasteiger partial charge in [0.1, 0.15) is 6.04 Å². The fourth-order valence-corrected chi connectivity index (χ4v) is 1.65. The third kappa shape index (κ3) is 3.76. The second-order valence-corrected chi connectivity index (χ2v) is 3.45. The Bertz CT molecular complexity index is 251. The molecule has 0 aromatic carbocycles. The average Bonchev–Trinajstić information content (AvgIpc) is 2.55. The van der Waals surface area contributed by atoms with Crippen LogP contribution in [0.25, 0.3) is 0 Å². The first-order chi connectivity index (χ1) is 5.74. The monoisotopic (exact) mass is 221 g/mol. The van der Waals surface area contributed by atoms with Crippen LogP contribution < -0.4 is 5.73 Å². The van der Waals surface area contributed by atoms with Crippen molar-refractivity contribution >= 4 is 29.7 Å². The first-order valence-electron chi connectivity index (χ1n) is 3.60. The molecule has 1 unspecified atom stereocenters. The van der Waals surface area contributed by atoms with Crippen molar-refractivity contribution in [2.24, 2.45) is 5.73 Å².